The first kappa shape index (κ1) is 12.6. The third kappa shape index (κ3) is 2.79. The van der Waals surface area contributed by atoms with Gasteiger partial charge < -0.3 is 5.32 Å². The predicted octanol–water partition coefficient (Wildman–Crippen LogP) is 2.44. The first-order valence-corrected chi connectivity index (χ1v) is 5.29. The molecule has 0 fully saturated rings. The molecule has 0 aliphatic heterocycles. The van der Waals surface area contributed by atoms with Crippen molar-refractivity contribution in [2.45, 2.75) is 32.7 Å². The lowest BCUT2D eigenvalue weighted by molar-refractivity contribution is -0.385. The second-order valence-corrected chi connectivity index (χ2v) is 4.64. The monoisotopic (exact) mass is 222 g/mol. The van der Waals surface area contributed by atoms with Gasteiger partial charge in [-0.2, -0.15) is 0 Å². The molecule has 0 radical (unpaired) electrons. The van der Waals surface area contributed by atoms with E-state index in [1.165, 1.54) is 0 Å². The quantitative estimate of drug-likeness (QED) is 0.629. The zero-order chi connectivity index (χ0) is 12.3. The maximum absolute atomic E-state index is 10.9. The molecule has 0 spiro atoms. The van der Waals surface area contributed by atoms with Gasteiger partial charge in [0.25, 0.3) is 5.69 Å². The Labute approximate surface area is 95.8 Å². The summed E-state index contributed by atoms with van der Waals surface area (Å²) in [4.78, 5) is 10.6. The summed E-state index contributed by atoms with van der Waals surface area (Å²) in [6, 6.07) is 5.20. The van der Waals surface area contributed by atoms with Crippen molar-refractivity contribution in [3.8, 4) is 0 Å². The lowest BCUT2D eigenvalue weighted by Gasteiger charge is -2.24. The first-order valence-electron chi connectivity index (χ1n) is 5.29. The summed E-state index contributed by atoms with van der Waals surface area (Å²) >= 11 is 0. The van der Waals surface area contributed by atoms with E-state index in [9.17, 15) is 10.1 Å². The minimum atomic E-state index is -0.311. The number of likely N-dealkylation sites (N-methyl/N-ethyl adjacent to an activating group) is 1. The summed E-state index contributed by atoms with van der Waals surface area (Å²) in [6.45, 7) is 5.97. The van der Waals surface area contributed by atoms with E-state index in [2.05, 4.69) is 5.32 Å². The summed E-state index contributed by atoms with van der Waals surface area (Å²) in [5, 5.41) is 14.1. The van der Waals surface area contributed by atoms with Crippen LogP contribution < -0.4 is 5.32 Å². The molecule has 0 aliphatic rings. The van der Waals surface area contributed by atoms with Crippen LogP contribution in [-0.4, -0.2) is 17.5 Å². The molecule has 0 aromatic heterocycles. The second-order valence-electron chi connectivity index (χ2n) is 4.64. The number of nitro benzene ring substituents is 1. The zero-order valence-corrected chi connectivity index (χ0v) is 10.2. The molecule has 0 aliphatic carbocycles. The lowest BCUT2D eigenvalue weighted by Crippen LogP contribution is -2.38. The molecule has 1 aromatic carbocycles. The molecule has 1 aromatic rings. The standard InChI is InChI=1S/C12H18N2O2/c1-9-6-5-7-11(14(15)16)10(9)8-12(2,3)13-4/h5-7,13H,8H2,1-4H3. The highest BCUT2D eigenvalue weighted by Crippen LogP contribution is 2.25. The molecule has 88 valence electrons. The summed E-state index contributed by atoms with van der Waals surface area (Å²) in [7, 11) is 1.87. The van der Waals surface area contributed by atoms with E-state index in [0.717, 1.165) is 11.1 Å². The Morgan fingerprint density at radius 1 is 1.44 bits per heavy atom. The topological polar surface area (TPSA) is 55.2 Å². The van der Waals surface area contributed by atoms with Crippen LogP contribution in [0, 0.1) is 17.0 Å². The SMILES string of the molecule is CNC(C)(C)Cc1c(C)cccc1[N+](=O)[O-]. The van der Waals surface area contributed by atoms with Crippen LogP contribution in [0.2, 0.25) is 0 Å². The van der Waals surface area contributed by atoms with E-state index < -0.39 is 0 Å². The van der Waals surface area contributed by atoms with E-state index in [0.29, 0.717) is 6.42 Å². The molecule has 4 heteroatoms. The number of hydrogen-bond donors (Lipinski definition) is 1. The van der Waals surface area contributed by atoms with Crippen molar-refractivity contribution in [2.75, 3.05) is 7.05 Å². The Bertz CT molecular complexity index is 400. The molecule has 0 heterocycles. The van der Waals surface area contributed by atoms with Crippen molar-refractivity contribution in [2.24, 2.45) is 0 Å². The number of aryl methyl sites for hydroxylation is 1. The molecule has 0 saturated carbocycles. The first-order chi connectivity index (χ1) is 7.37. The Kier molecular flexibility index (Phi) is 3.65. The fourth-order valence-corrected chi connectivity index (χ4v) is 1.62. The lowest BCUT2D eigenvalue weighted by atomic mass is 9.91. The van der Waals surface area contributed by atoms with Crippen LogP contribution in [0.5, 0.6) is 0 Å². The number of nitro groups is 1. The van der Waals surface area contributed by atoms with Gasteiger partial charge in [-0.05, 0) is 39.8 Å². The minimum Gasteiger partial charge on any atom is -0.314 e. The summed E-state index contributed by atoms with van der Waals surface area (Å²) < 4.78 is 0. The Morgan fingerprint density at radius 2 is 2.06 bits per heavy atom. The number of benzene rings is 1. The zero-order valence-electron chi connectivity index (χ0n) is 10.2. The maximum Gasteiger partial charge on any atom is 0.272 e. The molecule has 0 atom stereocenters. The Balaban J connectivity index is 3.16. The van der Waals surface area contributed by atoms with Gasteiger partial charge in [-0.25, -0.2) is 0 Å². The molecule has 16 heavy (non-hydrogen) atoms. The number of hydrogen-bond acceptors (Lipinski definition) is 3. The van der Waals surface area contributed by atoms with Crippen molar-refractivity contribution in [3.63, 3.8) is 0 Å². The molecule has 0 amide bonds. The van der Waals surface area contributed by atoms with Gasteiger partial charge in [0.2, 0.25) is 0 Å². The molecule has 1 rings (SSSR count). The van der Waals surface area contributed by atoms with Gasteiger partial charge in [0.15, 0.2) is 0 Å². The molecular formula is C12H18N2O2. The van der Waals surface area contributed by atoms with Gasteiger partial charge >= 0.3 is 0 Å². The van der Waals surface area contributed by atoms with Crippen LogP contribution in [0.3, 0.4) is 0 Å². The highest BCUT2D eigenvalue weighted by Gasteiger charge is 2.23. The van der Waals surface area contributed by atoms with Crippen LogP contribution in [0.25, 0.3) is 0 Å². The average Bonchev–Trinajstić information content (AvgIpc) is 2.20. The summed E-state index contributed by atoms with van der Waals surface area (Å²) in [6.07, 6.45) is 0.645. The molecule has 0 saturated heterocycles. The van der Waals surface area contributed by atoms with Crippen molar-refractivity contribution in [1.82, 2.24) is 5.32 Å². The van der Waals surface area contributed by atoms with Crippen LogP contribution in [0.4, 0.5) is 5.69 Å². The number of nitrogens with zero attached hydrogens (tertiary/aromatic N) is 1. The molecule has 1 N–H and O–H groups in total. The van der Waals surface area contributed by atoms with E-state index in [4.69, 9.17) is 0 Å². The second kappa shape index (κ2) is 4.61. The van der Waals surface area contributed by atoms with E-state index in [1.54, 1.807) is 12.1 Å². The van der Waals surface area contributed by atoms with Crippen LogP contribution >= 0.6 is 0 Å². The maximum atomic E-state index is 10.9. The van der Waals surface area contributed by atoms with E-state index in [1.807, 2.05) is 33.9 Å². The van der Waals surface area contributed by atoms with Gasteiger partial charge in [-0.1, -0.05) is 12.1 Å². The fraction of sp³-hybridized carbons (Fsp3) is 0.500. The molecule has 4 nitrogen and oxygen atoms in total. The largest absolute Gasteiger partial charge is 0.314 e. The Morgan fingerprint density at radius 3 is 2.56 bits per heavy atom. The summed E-state index contributed by atoms with van der Waals surface area (Å²) in [5.41, 5.74) is 1.85. The molecular weight excluding hydrogens is 204 g/mol. The van der Waals surface area contributed by atoms with Crippen LogP contribution in [-0.2, 0) is 6.42 Å². The number of nitrogens with one attached hydrogen (secondary N) is 1. The van der Waals surface area contributed by atoms with Gasteiger partial charge in [0, 0.05) is 17.2 Å². The minimum absolute atomic E-state index is 0.142. The highest BCUT2D eigenvalue weighted by atomic mass is 16.6. The highest BCUT2D eigenvalue weighted by molar-refractivity contribution is 5.45. The smallest absolute Gasteiger partial charge is 0.272 e. The van der Waals surface area contributed by atoms with Crippen LogP contribution in [0.15, 0.2) is 18.2 Å². The van der Waals surface area contributed by atoms with Crippen molar-refractivity contribution in [3.05, 3.63) is 39.4 Å². The van der Waals surface area contributed by atoms with E-state index in [-0.39, 0.29) is 16.1 Å². The van der Waals surface area contributed by atoms with Crippen molar-refractivity contribution < 1.29 is 4.92 Å². The molecule has 0 unspecified atom stereocenters. The summed E-state index contributed by atoms with van der Waals surface area (Å²) in [5.74, 6) is 0. The van der Waals surface area contributed by atoms with Gasteiger partial charge in [0.1, 0.15) is 0 Å². The Hall–Kier alpha value is -1.42. The van der Waals surface area contributed by atoms with Crippen LogP contribution in [0.1, 0.15) is 25.0 Å². The fourth-order valence-electron chi connectivity index (χ4n) is 1.62. The van der Waals surface area contributed by atoms with Gasteiger partial charge in [-0.3, -0.25) is 10.1 Å². The molecule has 0 bridgehead atoms. The number of rotatable bonds is 4. The van der Waals surface area contributed by atoms with Crippen molar-refractivity contribution in [1.29, 1.82) is 0 Å². The van der Waals surface area contributed by atoms with E-state index >= 15 is 0 Å². The normalized spacial score (nSPS) is 11.5. The predicted molar refractivity (Wildman–Crippen MR) is 64.7 cm³/mol. The van der Waals surface area contributed by atoms with Crippen molar-refractivity contribution >= 4 is 5.69 Å². The third-order valence-electron chi connectivity index (χ3n) is 2.88. The third-order valence-corrected chi connectivity index (χ3v) is 2.88. The van der Waals surface area contributed by atoms with Gasteiger partial charge in [0.05, 0.1) is 4.92 Å². The van der Waals surface area contributed by atoms with Gasteiger partial charge in [-0.15, -0.1) is 0 Å². The average molecular weight is 222 g/mol.